The smallest absolute Gasteiger partial charge is 0.274 e. The number of aryl methyl sites for hydroxylation is 1. The highest BCUT2D eigenvalue weighted by molar-refractivity contribution is 6.33. The van der Waals surface area contributed by atoms with E-state index in [0.717, 1.165) is 6.07 Å². The third-order valence-electron chi connectivity index (χ3n) is 3.06. The summed E-state index contributed by atoms with van der Waals surface area (Å²) >= 11 is 5.84. The maximum atomic E-state index is 12.9. The van der Waals surface area contributed by atoms with E-state index in [4.69, 9.17) is 11.6 Å². The lowest BCUT2D eigenvalue weighted by atomic mass is 10.2. The van der Waals surface area contributed by atoms with Gasteiger partial charge in [-0.15, -0.1) is 0 Å². The molecule has 8 heteroatoms. The first kappa shape index (κ1) is 16.7. The van der Waals surface area contributed by atoms with Crippen LogP contribution in [0.5, 0.6) is 0 Å². The SMILES string of the molecule is Cc1ccc(NC(=O)CNc2ccc(F)cc2Cl)cc1[N+](=O)[O-]. The minimum absolute atomic E-state index is 0.0719. The molecule has 0 saturated heterocycles. The molecule has 1 amide bonds. The van der Waals surface area contributed by atoms with Crippen LogP contribution >= 0.6 is 11.6 Å². The van der Waals surface area contributed by atoms with Gasteiger partial charge in [-0.1, -0.05) is 17.7 Å². The van der Waals surface area contributed by atoms with E-state index in [2.05, 4.69) is 10.6 Å². The Balaban J connectivity index is 2.00. The Morgan fingerprint density at radius 1 is 1.30 bits per heavy atom. The van der Waals surface area contributed by atoms with E-state index in [1.165, 1.54) is 18.2 Å². The predicted molar refractivity (Wildman–Crippen MR) is 86.4 cm³/mol. The van der Waals surface area contributed by atoms with E-state index in [1.54, 1.807) is 19.1 Å². The van der Waals surface area contributed by atoms with Gasteiger partial charge in [0.15, 0.2) is 0 Å². The van der Waals surface area contributed by atoms with Gasteiger partial charge >= 0.3 is 0 Å². The molecule has 0 radical (unpaired) electrons. The molecule has 6 nitrogen and oxygen atoms in total. The second-order valence-electron chi connectivity index (χ2n) is 4.78. The lowest BCUT2D eigenvalue weighted by Gasteiger charge is -2.09. The van der Waals surface area contributed by atoms with Crippen LogP contribution in [0.25, 0.3) is 0 Å². The molecule has 0 fully saturated rings. The molecule has 0 saturated carbocycles. The zero-order valence-corrected chi connectivity index (χ0v) is 12.9. The van der Waals surface area contributed by atoms with Crippen molar-refractivity contribution in [2.75, 3.05) is 17.2 Å². The molecule has 2 aromatic rings. The molecule has 120 valence electrons. The molecule has 0 unspecified atom stereocenters. The van der Waals surface area contributed by atoms with Crippen LogP contribution in [0, 0.1) is 22.9 Å². The summed E-state index contributed by atoms with van der Waals surface area (Å²) in [5, 5.41) is 16.3. The molecule has 0 aliphatic heterocycles. The first-order valence-corrected chi connectivity index (χ1v) is 6.98. The number of benzene rings is 2. The Morgan fingerprint density at radius 2 is 2.04 bits per heavy atom. The van der Waals surface area contributed by atoms with Crippen LogP contribution in [-0.4, -0.2) is 17.4 Å². The van der Waals surface area contributed by atoms with Crippen LogP contribution in [-0.2, 0) is 4.79 Å². The fourth-order valence-electron chi connectivity index (χ4n) is 1.90. The van der Waals surface area contributed by atoms with Crippen molar-refractivity contribution in [3.63, 3.8) is 0 Å². The average molecular weight is 338 g/mol. The molecular weight excluding hydrogens is 325 g/mol. The van der Waals surface area contributed by atoms with Crippen molar-refractivity contribution in [3.8, 4) is 0 Å². The predicted octanol–water partition coefficient (Wildman–Crippen LogP) is 3.75. The summed E-state index contributed by atoms with van der Waals surface area (Å²) in [7, 11) is 0. The van der Waals surface area contributed by atoms with Crippen LogP contribution in [0.2, 0.25) is 5.02 Å². The van der Waals surface area contributed by atoms with Gasteiger partial charge in [-0.3, -0.25) is 14.9 Å². The highest BCUT2D eigenvalue weighted by Crippen LogP contribution is 2.23. The molecule has 2 N–H and O–H groups in total. The van der Waals surface area contributed by atoms with Gasteiger partial charge in [0, 0.05) is 17.3 Å². The van der Waals surface area contributed by atoms with Gasteiger partial charge < -0.3 is 10.6 Å². The standard InChI is InChI=1S/C15H13ClFN3O3/c1-9-2-4-11(7-14(9)20(22)23)19-15(21)8-18-13-5-3-10(17)6-12(13)16/h2-7,18H,8H2,1H3,(H,19,21). The number of anilines is 2. The van der Waals surface area contributed by atoms with Crippen molar-refractivity contribution in [1.82, 2.24) is 0 Å². The lowest BCUT2D eigenvalue weighted by molar-refractivity contribution is -0.385. The Kier molecular flexibility index (Phi) is 5.13. The van der Waals surface area contributed by atoms with E-state index >= 15 is 0 Å². The van der Waals surface area contributed by atoms with Crippen molar-refractivity contribution in [2.45, 2.75) is 6.92 Å². The minimum atomic E-state index is -0.512. The molecule has 2 rings (SSSR count). The van der Waals surface area contributed by atoms with Crippen molar-refractivity contribution in [1.29, 1.82) is 0 Å². The van der Waals surface area contributed by atoms with Crippen molar-refractivity contribution < 1.29 is 14.1 Å². The Morgan fingerprint density at radius 3 is 2.70 bits per heavy atom. The molecule has 0 aromatic heterocycles. The maximum Gasteiger partial charge on any atom is 0.274 e. The third kappa shape index (κ3) is 4.40. The lowest BCUT2D eigenvalue weighted by Crippen LogP contribution is -2.22. The summed E-state index contributed by atoms with van der Waals surface area (Å²) in [4.78, 5) is 22.2. The summed E-state index contributed by atoms with van der Waals surface area (Å²) in [5.74, 6) is -0.888. The fraction of sp³-hybridized carbons (Fsp3) is 0.133. The van der Waals surface area contributed by atoms with E-state index in [1.807, 2.05) is 0 Å². The molecule has 0 heterocycles. The number of hydrogen-bond acceptors (Lipinski definition) is 4. The summed E-state index contributed by atoms with van der Waals surface area (Å²) in [6.07, 6.45) is 0. The number of nitrogens with zero attached hydrogens (tertiary/aromatic N) is 1. The number of nitro benzene ring substituents is 1. The van der Waals surface area contributed by atoms with Gasteiger partial charge in [0.05, 0.1) is 22.2 Å². The second kappa shape index (κ2) is 7.06. The quantitative estimate of drug-likeness (QED) is 0.643. The molecule has 0 atom stereocenters. The van der Waals surface area contributed by atoms with Gasteiger partial charge in [0.2, 0.25) is 5.91 Å². The van der Waals surface area contributed by atoms with Crippen molar-refractivity contribution in [2.24, 2.45) is 0 Å². The number of hydrogen-bond donors (Lipinski definition) is 2. The summed E-state index contributed by atoms with van der Waals surface area (Å²) in [6.45, 7) is 1.49. The monoisotopic (exact) mass is 337 g/mol. The molecule has 0 aliphatic rings. The minimum Gasteiger partial charge on any atom is -0.375 e. The number of rotatable bonds is 5. The highest BCUT2D eigenvalue weighted by atomic mass is 35.5. The fourth-order valence-corrected chi connectivity index (χ4v) is 2.13. The van der Waals surface area contributed by atoms with Crippen molar-refractivity contribution in [3.05, 3.63) is 62.9 Å². The number of carbonyl (C=O) groups is 1. The van der Waals surface area contributed by atoms with E-state index < -0.39 is 16.6 Å². The molecule has 0 aliphatic carbocycles. The van der Waals surface area contributed by atoms with Crippen LogP contribution in [0.1, 0.15) is 5.56 Å². The summed E-state index contributed by atoms with van der Waals surface area (Å²) in [6, 6.07) is 8.18. The topological polar surface area (TPSA) is 84.3 Å². The van der Waals surface area contributed by atoms with Gasteiger partial charge in [-0.25, -0.2) is 4.39 Å². The summed E-state index contributed by atoms with van der Waals surface area (Å²) in [5.41, 5.74) is 1.17. The van der Waals surface area contributed by atoms with Crippen LogP contribution < -0.4 is 10.6 Å². The number of halogens is 2. The number of carbonyl (C=O) groups excluding carboxylic acids is 1. The maximum absolute atomic E-state index is 12.9. The third-order valence-corrected chi connectivity index (χ3v) is 3.37. The first-order valence-electron chi connectivity index (χ1n) is 6.60. The molecule has 23 heavy (non-hydrogen) atoms. The molecule has 0 spiro atoms. The number of amides is 1. The molecule has 2 aromatic carbocycles. The molecular formula is C15H13ClFN3O3. The van der Waals surface area contributed by atoms with Crippen LogP contribution in [0.15, 0.2) is 36.4 Å². The number of nitrogens with one attached hydrogen (secondary N) is 2. The van der Waals surface area contributed by atoms with Crippen LogP contribution in [0.3, 0.4) is 0 Å². The Hall–Kier alpha value is -2.67. The Bertz CT molecular complexity index is 768. The van der Waals surface area contributed by atoms with E-state index in [-0.39, 0.29) is 17.3 Å². The largest absolute Gasteiger partial charge is 0.375 e. The second-order valence-corrected chi connectivity index (χ2v) is 5.19. The van der Waals surface area contributed by atoms with E-state index in [0.29, 0.717) is 16.9 Å². The van der Waals surface area contributed by atoms with Gasteiger partial charge in [0.25, 0.3) is 5.69 Å². The Labute approximate surface area is 136 Å². The summed E-state index contributed by atoms with van der Waals surface area (Å²) < 4.78 is 12.9. The van der Waals surface area contributed by atoms with E-state index in [9.17, 15) is 19.3 Å². The zero-order valence-electron chi connectivity index (χ0n) is 12.1. The normalized spacial score (nSPS) is 10.2. The first-order chi connectivity index (χ1) is 10.9. The average Bonchev–Trinajstić information content (AvgIpc) is 2.48. The number of nitro groups is 1. The van der Waals surface area contributed by atoms with Crippen LogP contribution in [0.4, 0.5) is 21.5 Å². The van der Waals surface area contributed by atoms with Gasteiger partial charge in [-0.2, -0.15) is 0 Å². The molecule has 0 bridgehead atoms. The van der Waals surface area contributed by atoms with Gasteiger partial charge in [0.1, 0.15) is 5.82 Å². The highest BCUT2D eigenvalue weighted by Gasteiger charge is 2.12. The van der Waals surface area contributed by atoms with Crippen molar-refractivity contribution >= 4 is 34.6 Å². The zero-order chi connectivity index (χ0) is 17.0. The van der Waals surface area contributed by atoms with Gasteiger partial charge in [-0.05, 0) is 31.2 Å².